The highest BCUT2D eigenvalue weighted by Gasteiger charge is 2.30. The fourth-order valence-corrected chi connectivity index (χ4v) is 1.78. The Bertz CT molecular complexity index is 255. The van der Waals surface area contributed by atoms with Gasteiger partial charge in [-0.3, -0.25) is 4.79 Å². The monoisotopic (exact) mass is 273 g/mol. The van der Waals surface area contributed by atoms with Crippen molar-refractivity contribution >= 4 is 5.97 Å². The highest BCUT2D eigenvalue weighted by molar-refractivity contribution is 5.79. The van der Waals surface area contributed by atoms with Gasteiger partial charge in [0.15, 0.2) is 0 Å². The molecule has 2 N–H and O–H groups in total. The highest BCUT2D eigenvalue weighted by Crippen LogP contribution is 2.10. The standard InChI is InChI=1S/C14H31N3O2/c1-6-9-17(12-11-16(4)5)10-8-14(3,15)13(18)19-7-2/h6-12,15H2,1-5H3. The second kappa shape index (κ2) is 9.28. The molecule has 0 rings (SSSR count). The van der Waals surface area contributed by atoms with Gasteiger partial charge in [-0.2, -0.15) is 0 Å². The summed E-state index contributed by atoms with van der Waals surface area (Å²) >= 11 is 0. The smallest absolute Gasteiger partial charge is 0.325 e. The van der Waals surface area contributed by atoms with Crippen LogP contribution in [0.15, 0.2) is 0 Å². The van der Waals surface area contributed by atoms with Crippen LogP contribution in [-0.2, 0) is 9.53 Å². The van der Waals surface area contributed by atoms with Crippen LogP contribution in [0.3, 0.4) is 0 Å². The second-order valence-electron chi connectivity index (χ2n) is 5.53. The maximum Gasteiger partial charge on any atom is 0.325 e. The zero-order valence-corrected chi connectivity index (χ0v) is 13.2. The van der Waals surface area contributed by atoms with E-state index in [4.69, 9.17) is 10.5 Å². The van der Waals surface area contributed by atoms with Crippen molar-refractivity contribution in [3.05, 3.63) is 0 Å². The zero-order chi connectivity index (χ0) is 14.9. The van der Waals surface area contributed by atoms with Crippen molar-refractivity contribution in [3.63, 3.8) is 0 Å². The molecule has 5 nitrogen and oxygen atoms in total. The summed E-state index contributed by atoms with van der Waals surface area (Å²) in [5.41, 5.74) is 5.15. The fraction of sp³-hybridized carbons (Fsp3) is 0.929. The van der Waals surface area contributed by atoms with E-state index in [-0.39, 0.29) is 5.97 Å². The number of ether oxygens (including phenoxy) is 1. The van der Waals surface area contributed by atoms with E-state index in [0.717, 1.165) is 32.6 Å². The van der Waals surface area contributed by atoms with Crippen molar-refractivity contribution in [3.8, 4) is 0 Å². The molecule has 0 fully saturated rings. The first-order chi connectivity index (χ1) is 8.83. The van der Waals surface area contributed by atoms with Crippen LogP contribution in [0.5, 0.6) is 0 Å². The van der Waals surface area contributed by atoms with Crippen LogP contribution in [-0.4, -0.2) is 68.2 Å². The Kier molecular flexibility index (Phi) is 8.97. The number of hydrogen-bond acceptors (Lipinski definition) is 5. The van der Waals surface area contributed by atoms with Crippen LogP contribution in [0.4, 0.5) is 0 Å². The molecular weight excluding hydrogens is 242 g/mol. The summed E-state index contributed by atoms with van der Waals surface area (Å²) in [4.78, 5) is 16.2. The molecule has 0 amide bonds. The van der Waals surface area contributed by atoms with Crippen LogP contribution in [0, 0.1) is 0 Å². The lowest BCUT2D eigenvalue weighted by molar-refractivity contribution is -0.149. The lowest BCUT2D eigenvalue weighted by atomic mass is 9.99. The predicted molar refractivity (Wildman–Crippen MR) is 79.1 cm³/mol. The van der Waals surface area contributed by atoms with E-state index < -0.39 is 5.54 Å². The Morgan fingerprint density at radius 1 is 1.16 bits per heavy atom. The van der Waals surface area contributed by atoms with Crippen molar-refractivity contribution in [1.82, 2.24) is 9.80 Å². The summed E-state index contributed by atoms with van der Waals surface area (Å²) in [5.74, 6) is -0.306. The number of carbonyl (C=O) groups is 1. The molecule has 1 atom stereocenters. The summed E-state index contributed by atoms with van der Waals surface area (Å²) in [6, 6.07) is 0. The Hall–Kier alpha value is -0.650. The predicted octanol–water partition coefficient (Wildman–Crippen LogP) is 0.931. The minimum atomic E-state index is -0.889. The van der Waals surface area contributed by atoms with Gasteiger partial charge in [-0.1, -0.05) is 6.92 Å². The average Bonchev–Trinajstić information content (AvgIpc) is 2.33. The average molecular weight is 273 g/mol. The Morgan fingerprint density at radius 3 is 2.26 bits per heavy atom. The molecule has 5 heteroatoms. The van der Waals surface area contributed by atoms with Crippen LogP contribution >= 0.6 is 0 Å². The number of rotatable bonds is 10. The second-order valence-corrected chi connectivity index (χ2v) is 5.53. The number of nitrogens with zero attached hydrogens (tertiary/aromatic N) is 2. The maximum atomic E-state index is 11.7. The molecule has 0 heterocycles. The Morgan fingerprint density at radius 2 is 1.79 bits per heavy atom. The van der Waals surface area contributed by atoms with Gasteiger partial charge in [0.2, 0.25) is 0 Å². The van der Waals surface area contributed by atoms with Crippen LogP contribution < -0.4 is 5.73 Å². The quantitative estimate of drug-likeness (QED) is 0.600. The van der Waals surface area contributed by atoms with Crippen molar-refractivity contribution < 1.29 is 9.53 Å². The third-order valence-electron chi connectivity index (χ3n) is 3.09. The molecule has 114 valence electrons. The van der Waals surface area contributed by atoms with Gasteiger partial charge in [-0.05, 0) is 47.3 Å². The van der Waals surface area contributed by atoms with Crippen molar-refractivity contribution in [1.29, 1.82) is 0 Å². The number of esters is 1. The molecule has 0 saturated carbocycles. The number of hydrogen-bond donors (Lipinski definition) is 1. The summed E-state index contributed by atoms with van der Waals surface area (Å²) < 4.78 is 5.01. The van der Waals surface area contributed by atoms with E-state index in [2.05, 4.69) is 30.8 Å². The van der Waals surface area contributed by atoms with Crippen molar-refractivity contribution in [2.75, 3.05) is 46.9 Å². The zero-order valence-electron chi connectivity index (χ0n) is 13.2. The van der Waals surface area contributed by atoms with E-state index in [1.165, 1.54) is 0 Å². The summed E-state index contributed by atoms with van der Waals surface area (Å²) in [7, 11) is 4.13. The van der Waals surface area contributed by atoms with E-state index in [1.807, 2.05) is 0 Å². The summed E-state index contributed by atoms with van der Waals surface area (Å²) in [5, 5.41) is 0. The minimum Gasteiger partial charge on any atom is -0.465 e. The molecule has 0 bridgehead atoms. The molecule has 0 aromatic carbocycles. The highest BCUT2D eigenvalue weighted by atomic mass is 16.5. The van der Waals surface area contributed by atoms with E-state index in [0.29, 0.717) is 13.0 Å². The van der Waals surface area contributed by atoms with Crippen molar-refractivity contribution in [2.45, 2.75) is 39.2 Å². The number of carbonyl (C=O) groups excluding carboxylic acids is 1. The fourth-order valence-electron chi connectivity index (χ4n) is 1.78. The summed E-state index contributed by atoms with van der Waals surface area (Å²) in [6.45, 7) is 9.97. The third-order valence-corrected chi connectivity index (χ3v) is 3.09. The lowest BCUT2D eigenvalue weighted by Gasteiger charge is -2.28. The van der Waals surface area contributed by atoms with Gasteiger partial charge in [-0.25, -0.2) is 0 Å². The molecule has 0 aromatic heterocycles. The molecule has 0 aromatic rings. The molecule has 0 spiro atoms. The first-order valence-electron chi connectivity index (χ1n) is 7.16. The number of nitrogens with two attached hydrogens (primary N) is 1. The van der Waals surface area contributed by atoms with Gasteiger partial charge in [0.05, 0.1) is 6.61 Å². The van der Waals surface area contributed by atoms with E-state index in [9.17, 15) is 4.79 Å². The maximum absolute atomic E-state index is 11.7. The summed E-state index contributed by atoms with van der Waals surface area (Å²) in [6.07, 6.45) is 1.73. The van der Waals surface area contributed by atoms with Gasteiger partial charge in [-0.15, -0.1) is 0 Å². The van der Waals surface area contributed by atoms with Gasteiger partial charge in [0.25, 0.3) is 0 Å². The third kappa shape index (κ3) is 8.18. The van der Waals surface area contributed by atoms with Gasteiger partial charge in [0, 0.05) is 19.6 Å². The minimum absolute atomic E-state index is 0.306. The SMILES string of the molecule is CCCN(CCN(C)C)CCC(C)(N)C(=O)OCC. The van der Waals surface area contributed by atoms with E-state index in [1.54, 1.807) is 13.8 Å². The molecule has 19 heavy (non-hydrogen) atoms. The van der Waals surface area contributed by atoms with Gasteiger partial charge >= 0.3 is 5.97 Å². The molecule has 1 unspecified atom stereocenters. The van der Waals surface area contributed by atoms with Crippen LogP contribution in [0.25, 0.3) is 0 Å². The molecular formula is C14H31N3O2. The van der Waals surface area contributed by atoms with Crippen LogP contribution in [0.1, 0.15) is 33.6 Å². The van der Waals surface area contributed by atoms with E-state index >= 15 is 0 Å². The first-order valence-corrected chi connectivity index (χ1v) is 7.16. The largest absolute Gasteiger partial charge is 0.465 e. The van der Waals surface area contributed by atoms with Crippen LogP contribution in [0.2, 0.25) is 0 Å². The normalized spacial score (nSPS) is 14.7. The Labute approximate surface area is 118 Å². The topological polar surface area (TPSA) is 58.8 Å². The Balaban J connectivity index is 4.24. The van der Waals surface area contributed by atoms with Gasteiger partial charge < -0.3 is 20.3 Å². The van der Waals surface area contributed by atoms with Gasteiger partial charge in [0.1, 0.15) is 5.54 Å². The molecule has 0 aliphatic carbocycles. The molecule has 0 aliphatic heterocycles. The molecule has 0 radical (unpaired) electrons. The first kappa shape index (κ1) is 18.4. The molecule has 0 saturated heterocycles. The number of likely N-dealkylation sites (N-methyl/N-ethyl adjacent to an activating group) is 1. The van der Waals surface area contributed by atoms with Crippen molar-refractivity contribution in [2.24, 2.45) is 5.73 Å². The lowest BCUT2D eigenvalue weighted by Crippen LogP contribution is -2.49. The molecule has 0 aliphatic rings.